The molecule has 0 saturated carbocycles. The van der Waals surface area contributed by atoms with Gasteiger partial charge in [-0.1, -0.05) is 23.7 Å². The molecule has 0 N–H and O–H groups in total. The van der Waals surface area contributed by atoms with Crippen LogP contribution in [0.3, 0.4) is 0 Å². The van der Waals surface area contributed by atoms with Crippen molar-refractivity contribution in [2.45, 2.75) is 6.92 Å². The molecule has 0 aliphatic heterocycles. The Hall–Kier alpha value is -1.77. The number of hydrogen-bond donors (Lipinski definition) is 0. The maximum atomic E-state index is 5.67. The van der Waals surface area contributed by atoms with E-state index < -0.39 is 0 Å². The van der Waals surface area contributed by atoms with E-state index in [0.29, 0.717) is 5.46 Å². The summed E-state index contributed by atoms with van der Waals surface area (Å²) in [5, 5.41) is 0. The number of aryl methyl sites for hydroxylation is 1. The van der Waals surface area contributed by atoms with Gasteiger partial charge in [0.2, 0.25) is 0 Å². The number of aromatic nitrogens is 1. The summed E-state index contributed by atoms with van der Waals surface area (Å²) in [5.41, 5.74) is 3.72. The van der Waals surface area contributed by atoms with Crippen molar-refractivity contribution < 1.29 is 4.74 Å². The Morgan fingerprint density at radius 2 is 2.06 bits per heavy atom. The third-order valence-corrected chi connectivity index (χ3v) is 2.44. The molecule has 0 bridgehead atoms. The first-order valence-electron chi connectivity index (χ1n) is 5.07. The fraction of sp³-hybridized carbons (Fsp3) is 0.154. The quantitative estimate of drug-likeness (QED) is 0.704. The molecule has 2 aromatic rings. The summed E-state index contributed by atoms with van der Waals surface area (Å²) >= 11 is 0. The van der Waals surface area contributed by atoms with Gasteiger partial charge in [0.1, 0.15) is 13.6 Å². The Kier molecular flexibility index (Phi) is 2.95. The van der Waals surface area contributed by atoms with Crippen LogP contribution in [0.5, 0.6) is 5.75 Å². The van der Waals surface area contributed by atoms with E-state index in [1.54, 1.807) is 13.3 Å². The van der Waals surface area contributed by atoms with Crippen LogP contribution in [0, 0.1) is 6.92 Å². The van der Waals surface area contributed by atoms with E-state index in [9.17, 15) is 0 Å². The minimum absolute atomic E-state index is 0.684. The van der Waals surface area contributed by atoms with Crippen molar-refractivity contribution in [2.75, 3.05) is 7.11 Å². The van der Waals surface area contributed by atoms with E-state index in [-0.39, 0.29) is 0 Å². The number of ether oxygens (including phenoxy) is 1. The Morgan fingerprint density at radius 3 is 2.75 bits per heavy atom. The molecular weight excluding hydrogens is 197 g/mol. The molecule has 16 heavy (non-hydrogen) atoms. The Bertz CT molecular complexity index is 511. The smallest absolute Gasteiger partial charge is 0.119 e. The summed E-state index contributed by atoms with van der Waals surface area (Å²) in [6.07, 6.45) is 1.67. The van der Waals surface area contributed by atoms with Crippen LogP contribution < -0.4 is 10.2 Å². The lowest BCUT2D eigenvalue weighted by Crippen LogP contribution is -2.05. The standard InChI is InChI=1S/C13H12BNO/c1-9-6-11(14)8-15-13(9)10-4-3-5-12(7-10)16-2/h3-8H,1-2H3. The number of pyridine rings is 1. The average molecular weight is 209 g/mol. The van der Waals surface area contributed by atoms with Crippen molar-refractivity contribution in [3.05, 3.63) is 42.1 Å². The van der Waals surface area contributed by atoms with Gasteiger partial charge in [-0.25, -0.2) is 0 Å². The van der Waals surface area contributed by atoms with Gasteiger partial charge in [-0.15, -0.1) is 0 Å². The first-order chi connectivity index (χ1) is 7.70. The van der Waals surface area contributed by atoms with Crippen LogP contribution in [0.4, 0.5) is 0 Å². The maximum absolute atomic E-state index is 5.67. The Labute approximate surface area is 96.7 Å². The fourth-order valence-electron chi connectivity index (χ4n) is 1.67. The highest BCUT2D eigenvalue weighted by atomic mass is 16.5. The van der Waals surface area contributed by atoms with Crippen LogP contribution >= 0.6 is 0 Å². The molecule has 2 radical (unpaired) electrons. The van der Waals surface area contributed by atoms with Crippen molar-refractivity contribution in [3.8, 4) is 17.0 Å². The highest BCUT2D eigenvalue weighted by Crippen LogP contribution is 2.23. The molecule has 1 heterocycles. The second-order valence-electron chi connectivity index (χ2n) is 3.67. The van der Waals surface area contributed by atoms with E-state index >= 15 is 0 Å². The van der Waals surface area contributed by atoms with Crippen molar-refractivity contribution in [1.82, 2.24) is 4.98 Å². The summed E-state index contributed by atoms with van der Waals surface area (Å²) < 4.78 is 5.19. The molecule has 0 atom stereocenters. The number of nitrogens with zero attached hydrogens (tertiary/aromatic N) is 1. The third kappa shape index (κ3) is 2.08. The lowest BCUT2D eigenvalue weighted by molar-refractivity contribution is 0.415. The molecule has 0 saturated heterocycles. The van der Waals surface area contributed by atoms with Gasteiger partial charge in [0.25, 0.3) is 0 Å². The topological polar surface area (TPSA) is 22.1 Å². The molecule has 0 amide bonds. The molecule has 0 aliphatic carbocycles. The van der Waals surface area contributed by atoms with E-state index in [1.165, 1.54) is 0 Å². The zero-order valence-electron chi connectivity index (χ0n) is 9.40. The zero-order chi connectivity index (χ0) is 11.5. The number of benzene rings is 1. The predicted molar refractivity (Wildman–Crippen MR) is 66.4 cm³/mol. The van der Waals surface area contributed by atoms with Crippen molar-refractivity contribution in [2.24, 2.45) is 0 Å². The summed E-state index contributed by atoms with van der Waals surface area (Å²) in [4.78, 5) is 4.34. The molecule has 2 nitrogen and oxygen atoms in total. The summed E-state index contributed by atoms with van der Waals surface area (Å²) in [6.45, 7) is 2.00. The van der Waals surface area contributed by atoms with Gasteiger partial charge in [-0.3, -0.25) is 4.98 Å². The van der Waals surface area contributed by atoms with Crippen molar-refractivity contribution in [3.63, 3.8) is 0 Å². The maximum Gasteiger partial charge on any atom is 0.119 e. The van der Waals surface area contributed by atoms with E-state index in [0.717, 1.165) is 22.6 Å². The van der Waals surface area contributed by atoms with Gasteiger partial charge < -0.3 is 4.74 Å². The highest BCUT2D eigenvalue weighted by molar-refractivity contribution is 6.32. The van der Waals surface area contributed by atoms with Crippen LogP contribution in [-0.2, 0) is 0 Å². The average Bonchev–Trinajstić information content (AvgIpc) is 2.29. The van der Waals surface area contributed by atoms with Gasteiger partial charge in [-0.05, 0) is 24.6 Å². The predicted octanol–water partition coefficient (Wildman–Crippen LogP) is 1.86. The van der Waals surface area contributed by atoms with Gasteiger partial charge >= 0.3 is 0 Å². The summed E-state index contributed by atoms with van der Waals surface area (Å²) in [5.74, 6) is 0.829. The number of methoxy groups -OCH3 is 1. The van der Waals surface area contributed by atoms with Gasteiger partial charge in [0, 0.05) is 11.8 Å². The molecule has 0 aliphatic rings. The minimum atomic E-state index is 0.684. The SMILES string of the molecule is [B]c1cnc(-c2cccc(OC)c2)c(C)c1. The van der Waals surface area contributed by atoms with E-state index in [4.69, 9.17) is 12.6 Å². The zero-order valence-corrected chi connectivity index (χ0v) is 9.40. The first-order valence-corrected chi connectivity index (χ1v) is 5.07. The van der Waals surface area contributed by atoms with Crippen molar-refractivity contribution >= 4 is 13.3 Å². The van der Waals surface area contributed by atoms with Crippen molar-refractivity contribution in [1.29, 1.82) is 0 Å². The molecule has 3 heteroatoms. The monoisotopic (exact) mass is 209 g/mol. The second kappa shape index (κ2) is 4.39. The lowest BCUT2D eigenvalue weighted by Gasteiger charge is -2.07. The van der Waals surface area contributed by atoms with Gasteiger partial charge in [-0.2, -0.15) is 0 Å². The molecule has 1 aromatic heterocycles. The largest absolute Gasteiger partial charge is 0.497 e. The molecule has 0 spiro atoms. The number of hydrogen-bond acceptors (Lipinski definition) is 2. The molecular formula is C13H12BNO. The molecule has 2 rings (SSSR count). The van der Waals surface area contributed by atoms with Gasteiger partial charge in [0.15, 0.2) is 0 Å². The second-order valence-corrected chi connectivity index (χ2v) is 3.67. The fourth-order valence-corrected chi connectivity index (χ4v) is 1.67. The third-order valence-electron chi connectivity index (χ3n) is 2.44. The minimum Gasteiger partial charge on any atom is -0.497 e. The normalized spacial score (nSPS) is 10.1. The summed E-state index contributed by atoms with van der Waals surface area (Å²) in [6, 6.07) is 9.75. The Balaban J connectivity index is 2.49. The van der Waals surface area contributed by atoms with Crippen LogP contribution in [0.2, 0.25) is 0 Å². The van der Waals surface area contributed by atoms with E-state index in [1.807, 2.05) is 37.3 Å². The molecule has 0 fully saturated rings. The van der Waals surface area contributed by atoms with Crippen LogP contribution in [0.15, 0.2) is 36.5 Å². The molecule has 1 aromatic carbocycles. The van der Waals surface area contributed by atoms with E-state index in [2.05, 4.69) is 4.98 Å². The Morgan fingerprint density at radius 1 is 1.25 bits per heavy atom. The highest BCUT2D eigenvalue weighted by Gasteiger charge is 2.04. The van der Waals surface area contributed by atoms with Crippen LogP contribution in [0.25, 0.3) is 11.3 Å². The summed E-state index contributed by atoms with van der Waals surface area (Å²) in [7, 11) is 7.33. The molecule has 78 valence electrons. The first kappa shape index (κ1) is 10.7. The van der Waals surface area contributed by atoms with Crippen LogP contribution in [0.1, 0.15) is 5.56 Å². The van der Waals surface area contributed by atoms with Gasteiger partial charge in [0.05, 0.1) is 12.8 Å². The lowest BCUT2D eigenvalue weighted by atomic mass is 9.95. The van der Waals surface area contributed by atoms with Crippen LogP contribution in [-0.4, -0.2) is 19.9 Å². The number of rotatable bonds is 2. The molecule has 0 unspecified atom stereocenters.